The Kier molecular flexibility index (Phi) is 5.47. The van der Waals surface area contributed by atoms with Gasteiger partial charge in [-0.15, -0.1) is 0 Å². The van der Waals surface area contributed by atoms with E-state index in [-0.39, 0.29) is 11.9 Å². The summed E-state index contributed by atoms with van der Waals surface area (Å²) in [5, 5.41) is 3.48. The van der Waals surface area contributed by atoms with E-state index in [1.54, 1.807) is 34.1 Å². The summed E-state index contributed by atoms with van der Waals surface area (Å²) < 4.78 is 0. The first-order valence-corrected chi connectivity index (χ1v) is 9.00. The molecule has 0 spiro atoms. The number of aryl methyl sites for hydroxylation is 2. The summed E-state index contributed by atoms with van der Waals surface area (Å²) >= 11 is 5.85. The fourth-order valence-corrected chi connectivity index (χ4v) is 3.03. The smallest absolute Gasteiger partial charge is 0.321 e. The Morgan fingerprint density at radius 1 is 0.885 bits per heavy atom. The molecule has 26 heavy (non-hydrogen) atoms. The van der Waals surface area contributed by atoms with E-state index in [0.29, 0.717) is 42.5 Å². The van der Waals surface area contributed by atoms with Crippen molar-refractivity contribution in [2.24, 2.45) is 0 Å². The number of carbonyl (C=O) groups is 2. The number of rotatable bonds is 2. The van der Waals surface area contributed by atoms with E-state index in [0.717, 1.165) is 5.56 Å². The number of hydrogen-bond acceptors (Lipinski definition) is 2. The minimum Gasteiger partial charge on any atom is -0.335 e. The molecule has 0 atom stereocenters. The molecule has 136 valence electrons. The number of amides is 3. The number of carbonyl (C=O) groups excluding carboxylic acids is 2. The van der Waals surface area contributed by atoms with Crippen LogP contribution in [0.3, 0.4) is 0 Å². The van der Waals surface area contributed by atoms with Gasteiger partial charge in [0.1, 0.15) is 0 Å². The SMILES string of the molecule is Cc1ccc(C(=O)N2CCN(C(=O)Nc3ccc(Cl)cc3)CC2)cc1C. The maximum absolute atomic E-state index is 12.7. The van der Waals surface area contributed by atoms with Crippen LogP contribution in [0.5, 0.6) is 0 Å². The van der Waals surface area contributed by atoms with Gasteiger partial charge < -0.3 is 15.1 Å². The van der Waals surface area contributed by atoms with Crippen molar-refractivity contribution < 1.29 is 9.59 Å². The molecule has 1 heterocycles. The lowest BCUT2D eigenvalue weighted by Gasteiger charge is -2.34. The Morgan fingerprint density at radius 2 is 1.50 bits per heavy atom. The van der Waals surface area contributed by atoms with E-state index in [1.165, 1.54) is 5.56 Å². The largest absolute Gasteiger partial charge is 0.335 e. The molecule has 1 aliphatic rings. The van der Waals surface area contributed by atoms with Crippen molar-refractivity contribution in [3.63, 3.8) is 0 Å². The quantitative estimate of drug-likeness (QED) is 0.869. The van der Waals surface area contributed by atoms with Gasteiger partial charge in [-0.3, -0.25) is 4.79 Å². The zero-order valence-corrected chi connectivity index (χ0v) is 15.7. The van der Waals surface area contributed by atoms with E-state index >= 15 is 0 Å². The molecule has 3 rings (SSSR count). The number of nitrogens with one attached hydrogen (secondary N) is 1. The molecular formula is C20H22ClN3O2. The molecule has 3 amide bonds. The molecule has 2 aromatic rings. The third-order valence-corrected chi connectivity index (χ3v) is 4.96. The Balaban J connectivity index is 1.56. The summed E-state index contributed by atoms with van der Waals surface area (Å²) in [6.45, 7) is 6.11. The molecule has 1 aliphatic heterocycles. The first-order valence-electron chi connectivity index (χ1n) is 8.62. The first-order chi connectivity index (χ1) is 12.4. The minimum atomic E-state index is -0.161. The van der Waals surface area contributed by atoms with Crippen molar-refractivity contribution in [2.45, 2.75) is 13.8 Å². The summed E-state index contributed by atoms with van der Waals surface area (Å²) in [7, 11) is 0. The van der Waals surface area contributed by atoms with Gasteiger partial charge >= 0.3 is 6.03 Å². The zero-order valence-electron chi connectivity index (χ0n) is 15.0. The van der Waals surface area contributed by atoms with Gasteiger partial charge in [0.05, 0.1) is 0 Å². The topological polar surface area (TPSA) is 52.7 Å². The number of urea groups is 1. The Morgan fingerprint density at radius 3 is 2.12 bits per heavy atom. The van der Waals surface area contributed by atoms with Crippen LogP contribution in [-0.2, 0) is 0 Å². The lowest BCUT2D eigenvalue weighted by Crippen LogP contribution is -2.51. The Bertz CT molecular complexity index is 812. The lowest BCUT2D eigenvalue weighted by molar-refractivity contribution is 0.0671. The second-order valence-electron chi connectivity index (χ2n) is 6.52. The number of piperazine rings is 1. The predicted octanol–water partition coefficient (Wildman–Crippen LogP) is 3.95. The summed E-state index contributed by atoms with van der Waals surface area (Å²) in [5.41, 5.74) is 3.68. The van der Waals surface area contributed by atoms with E-state index in [2.05, 4.69) is 5.32 Å². The van der Waals surface area contributed by atoms with Gasteiger partial charge in [0.2, 0.25) is 0 Å². The standard InChI is InChI=1S/C20H22ClN3O2/c1-14-3-4-16(13-15(14)2)19(25)23-9-11-24(12-10-23)20(26)22-18-7-5-17(21)6-8-18/h3-8,13H,9-12H2,1-2H3,(H,22,26). The molecule has 1 saturated heterocycles. The van der Waals surface area contributed by atoms with Crippen LogP contribution in [0.15, 0.2) is 42.5 Å². The van der Waals surface area contributed by atoms with Gasteiger partial charge in [0.15, 0.2) is 0 Å². The number of anilines is 1. The number of benzene rings is 2. The van der Waals surface area contributed by atoms with E-state index in [9.17, 15) is 9.59 Å². The highest BCUT2D eigenvalue weighted by atomic mass is 35.5. The van der Waals surface area contributed by atoms with Gasteiger partial charge in [0, 0.05) is 42.5 Å². The van der Waals surface area contributed by atoms with Gasteiger partial charge in [-0.25, -0.2) is 4.79 Å². The monoisotopic (exact) mass is 371 g/mol. The maximum atomic E-state index is 12.7. The molecule has 6 heteroatoms. The van der Waals surface area contributed by atoms with Crippen LogP contribution in [0, 0.1) is 13.8 Å². The lowest BCUT2D eigenvalue weighted by atomic mass is 10.1. The van der Waals surface area contributed by atoms with E-state index in [1.807, 2.05) is 32.0 Å². The molecule has 1 fully saturated rings. The highest BCUT2D eigenvalue weighted by Crippen LogP contribution is 2.16. The molecule has 0 saturated carbocycles. The van der Waals surface area contributed by atoms with Crippen LogP contribution in [0.1, 0.15) is 21.5 Å². The van der Waals surface area contributed by atoms with E-state index in [4.69, 9.17) is 11.6 Å². The highest BCUT2D eigenvalue weighted by Gasteiger charge is 2.25. The highest BCUT2D eigenvalue weighted by molar-refractivity contribution is 6.30. The number of nitrogens with zero attached hydrogens (tertiary/aromatic N) is 2. The van der Waals surface area contributed by atoms with Crippen LogP contribution < -0.4 is 5.32 Å². The second-order valence-corrected chi connectivity index (χ2v) is 6.95. The molecule has 2 aromatic carbocycles. The van der Waals surface area contributed by atoms with Crippen LogP contribution in [0.2, 0.25) is 5.02 Å². The van der Waals surface area contributed by atoms with Crippen molar-refractivity contribution in [1.82, 2.24) is 9.80 Å². The normalized spacial score (nSPS) is 14.3. The van der Waals surface area contributed by atoms with Crippen molar-refractivity contribution in [2.75, 3.05) is 31.5 Å². The molecule has 0 radical (unpaired) electrons. The van der Waals surface area contributed by atoms with E-state index < -0.39 is 0 Å². The fourth-order valence-electron chi connectivity index (χ4n) is 2.91. The summed E-state index contributed by atoms with van der Waals surface area (Å²) in [6, 6.07) is 12.6. The first kappa shape index (κ1) is 18.3. The van der Waals surface area contributed by atoms with Gasteiger partial charge in [-0.05, 0) is 61.4 Å². The zero-order chi connectivity index (χ0) is 18.7. The van der Waals surface area contributed by atoms with Gasteiger partial charge in [-0.1, -0.05) is 17.7 Å². The molecule has 0 aliphatic carbocycles. The number of hydrogen-bond donors (Lipinski definition) is 1. The summed E-state index contributed by atoms with van der Waals surface area (Å²) in [5.74, 6) is 0.0193. The van der Waals surface area contributed by atoms with Crippen LogP contribution >= 0.6 is 11.6 Å². The van der Waals surface area contributed by atoms with Gasteiger partial charge in [-0.2, -0.15) is 0 Å². The number of halogens is 1. The van der Waals surface area contributed by atoms with Crippen LogP contribution in [-0.4, -0.2) is 47.9 Å². The predicted molar refractivity (Wildman–Crippen MR) is 104 cm³/mol. The average Bonchev–Trinajstić information content (AvgIpc) is 2.65. The molecule has 0 bridgehead atoms. The van der Waals surface area contributed by atoms with Crippen molar-refractivity contribution >= 4 is 29.2 Å². The van der Waals surface area contributed by atoms with Crippen LogP contribution in [0.25, 0.3) is 0 Å². The molecule has 1 N–H and O–H groups in total. The molecule has 5 nitrogen and oxygen atoms in total. The second kappa shape index (κ2) is 7.79. The minimum absolute atomic E-state index is 0.0193. The summed E-state index contributed by atoms with van der Waals surface area (Å²) in [4.78, 5) is 28.5. The van der Waals surface area contributed by atoms with Crippen molar-refractivity contribution in [3.05, 3.63) is 64.2 Å². The Hall–Kier alpha value is -2.53. The van der Waals surface area contributed by atoms with Crippen LogP contribution in [0.4, 0.5) is 10.5 Å². The third-order valence-electron chi connectivity index (χ3n) is 4.70. The van der Waals surface area contributed by atoms with Gasteiger partial charge in [0.25, 0.3) is 5.91 Å². The maximum Gasteiger partial charge on any atom is 0.321 e. The average molecular weight is 372 g/mol. The van der Waals surface area contributed by atoms with Crippen molar-refractivity contribution in [3.8, 4) is 0 Å². The third kappa shape index (κ3) is 4.17. The molecule has 0 unspecified atom stereocenters. The summed E-state index contributed by atoms with van der Waals surface area (Å²) in [6.07, 6.45) is 0. The molecule has 0 aromatic heterocycles. The van der Waals surface area contributed by atoms with Crippen molar-refractivity contribution in [1.29, 1.82) is 0 Å². The molecular weight excluding hydrogens is 350 g/mol. The fraction of sp³-hybridized carbons (Fsp3) is 0.300. The Labute approximate surface area is 158 Å².